The molecule has 0 bridgehead atoms. The first-order valence-electron chi connectivity index (χ1n) is 8.08. The van der Waals surface area contributed by atoms with Crippen LogP contribution in [0.5, 0.6) is 0 Å². The summed E-state index contributed by atoms with van der Waals surface area (Å²) in [4.78, 5) is 24.2. The highest BCUT2D eigenvalue weighted by Gasteiger charge is 2.43. The van der Waals surface area contributed by atoms with Crippen LogP contribution >= 0.6 is 0 Å². The van der Waals surface area contributed by atoms with E-state index in [1.165, 1.54) is 6.07 Å². The lowest BCUT2D eigenvalue weighted by Crippen LogP contribution is -2.56. The number of rotatable bonds is 4. The summed E-state index contributed by atoms with van der Waals surface area (Å²) < 4.78 is 5.11. The van der Waals surface area contributed by atoms with Crippen LogP contribution in [0.4, 0.5) is 0 Å². The smallest absolute Gasteiger partial charge is 0.329 e. The van der Waals surface area contributed by atoms with E-state index in [0.717, 1.165) is 18.4 Å². The Morgan fingerprint density at radius 2 is 1.92 bits per heavy atom. The Morgan fingerprint density at radius 3 is 2.54 bits per heavy atom. The van der Waals surface area contributed by atoms with Gasteiger partial charge in [0.25, 0.3) is 5.91 Å². The summed E-state index contributed by atoms with van der Waals surface area (Å²) >= 11 is 0. The van der Waals surface area contributed by atoms with Crippen molar-refractivity contribution < 1.29 is 19.2 Å². The second-order valence-electron chi connectivity index (χ2n) is 6.47. The summed E-state index contributed by atoms with van der Waals surface area (Å²) in [7, 11) is 0. The van der Waals surface area contributed by atoms with Gasteiger partial charge in [-0.05, 0) is 31.6 Å². The number of carbonyl (C=O) groups is 2. The predicted octanol–water partition coefficient (Wildman–Crippen LogP) is 3.10. The molecule has 3 rings (SSSR count). The van der Waals surface area contributed by atoms with Crippen LogP contribution in [0, 0.1) is 5.92 Å². The molecule has 1 amide bonds. The topological polar surface area (TPSA) is 92.4 Å². The van der Waals surface area contributed by atoms with Gasteiger partial charge < -0.3 is 14.9 Å². The van der Waals surface area contributed by atoms with E-state index in [0.29, 0.717) is 24.5 Å². The van der Waals surface area contributed by atoms with Gasteiger partial charge in [0, 0.05) is 11.6 Å². The lowest BCUT2D eigenvalue weighted by Gasteiger charge is -2.36. The van der Waals surface area contributed by atoms with E-state index in [1.807, 2.05) is 30.3 Å². The molecule has 0 saturated heterocycles. The zero-order valence-corrected chi connectivity index (χ0v) is 13.5. The van der Waals surface area contributed by atoms with Crippen molar-refractivity contribution in [3.63, 3.8) is 0 Å². The van der Waals surface area contributed by atoms with Gasteiger partial charge in [0.15, 0.2) is 0 Å². The molecule has 126 valence electrons. The number of carboxylic acids is 1. The molecule has 2 aromatic rings. The molecular weight excluding hydrogens is 308 g/mol. The van der Waals surface area contributed by atoms with E-state index in [1.54, 1.807) is 0 Å². The third kappa shape index (κ3) is 3.18. The van der Waals surface area contributed by atoms with E-state index in [9.17, 15) is 14.7 Å². The maximum Gasteiger partial charge on any atom is 0.329 e. The monoisotopic (exact) mass is 328 g/mol. The molecule has 1 aromatic heterocycles. The first-order chi connectivity index (χ1) is 11.5. The van der Waals surface area contributed by atoms with Gasteiger partial charge in [-0.1, -0.05) is 42.4 Å². The molecule has 2 N–H and O–H groups in total. The van der Waals surface area contributed by atoms with Crippen LogP contribution in [0.25, 0.3) is 11.3 Å². The van der Waals surface area contributed by atoms with Crippen molar-refractivity contribution in [3.8, 4) is 11.3 Å². The third-order valence-corrected chi connectivity index (χ3v) is 4.69. The fraction of sp³-hybridized carbons (Fsp3) is 0.389. The Labute approximate surface area is 139 Å². The normalized spacial score (nSPS) is 23.6. The Morgan fingerprint density at radius 1 is 1.25 bits per heavy atom. The third-order valence-electron chi connectivity index (χ3n) is 4.69. The number of nitrogens with one attached hydrogen (secondary N) is 1. The Balaban J connectivity index is 1.77. The number of hydrogen-bond donors (Lipinski definition) is 2. The molecule has 1 saturated carbocycles. The molecule has 1 aliphatic rings. The number of aliphatic carboxylic acids is 1. The number of amides is 1. The fourth-order valence-corrected chi connectivity index (χ4v) is 3.05. The molecule has 6 nitrogen and oxygen atoms in total. The van der Waals surface area contributed by atoms with Crippen LogP contribution in [0.15, 0.2) is 40.9 Å². The molecule has 0 aliphatic heterocycles. The van der Waals surface area contributed by atoms with Gasteiger partial charge in [-0.3, -0.25) is 4.79 Å². The van der Waals surface area contributed by atoms with E-state index >= 15 is 0 Å². The summed E-state index contributed by atoms with van der Waals surface area (Å²) in [6, 6.07) is 10.9. The lowest BCUT2D eigenvalue weighted by atomic mass is 9.77. The number of nitrogens with zero attached hydrogens (tertiary/aromatic N) is 1. The average molecular weight is 328 g/mol. The lowest BCUT2D eigenvalue weighted by molar-refractivity contribution is -0.146. The molecule has 1 aromatic carbocycles. The van der Waals surface area contributed by atoms with Gasteiger partial charge in [-0.15, -0.1) is 0 Å². The van der Waals surface area contributed by atoms with Crippen LogP contribution < -0.4 is 5.32 Å². The van der Waals surface area contributed by atoms with Crippen molar-refractivity contribution in [2.75, 3.05) is 0 Å². The minimum atomic E-state index is -1.22. The fourth-order valence-electron chi connectivity index (χ4n) is 3.05. The van der Waals surface area contributed by atoms with Crippen molar-refractivity contribution in [3.05, 3.63) is 42.2 Å². The van der Waals surface area contributed by atoms with Gasteiger partial charge in [0.05, 0.1) is 0 Å². The van der Waals surface area contributed by atoms with Gasteiger partial charge in [-0.2, -0.15) is 0 Å². The molecule has 1 aliphatic carbocycles. The first-order valence-corrected chi connectivity index (χ1v) is 8.08. The highest BCUT2D eigenvalue weighted by Crippen LogP contribution is 2.32. The molecule has 6 heteroatoms. The van der Waals surface area contributed by atoms with Crippen LogP contribution in [-0.4, -0.2) is 27.7 Å². The second kappa shape index (κ2) is 6.47. The molecule has 0 radical (unpaired) electrons. The highest BCUT2D eigenvalue weighted by molar-refractivity contribution is 5.96. The maximum atomic E-state index is 12.4. The largest absolute Gasteiger partial charge is 0.480 e. The van der Waals surface area contributed by atoms with Crippen LogP contribution in [0.3, 0.4) is 0 Å². The molecule has 0 spiro atoms. The van der Waals surface area contributed by atoms with Gasteiger partial charge in [0.1, 0.15) is 11.2 Å². The van der Waals surface area contributed by atoms with Crippen LogP contribution in [0.2, 0.25) is 0 Å². The molecule has 0 atom stereocenters. The second-order valence-corrected chi connectivity index (χ2v) is 6.47. The Bertz CT molecular complexity index is 730. The van der Waals surface area contributed by atoms with Gasteiger partial charge >= 0.3 is 5.97 Å². The van der Waals surface area contributed by atoms with Gasteiger partial charge in [0.2, 0.25) is 5.76 Å². The van der Waals surface area contributed by atoms with E-state index in [4.69, 9.17) is 4.52 Å². The molecule has 24 heavy (non-hydrogen) atoms. The zero-order valence-electron chi connectivity index (χ0n) is 13.5. The quantitative estimate of drug-likeness (QED) is 0.899. The number of aromatic nitrogens is 1. The van der Waals surface area contributed by atoms with E-state index in [2.05, 4.69) is 17.4 Å². The van der Waals surface area contributed by atoms with E-state index in [-0.39, 0.29) is 5.76 Å². The molecular formula is C18H20N2O4. The Kier molecular flexibility index (Phi) is 4.38. The van der Waals surface area contributed by atoms with Crippen molar-refractivity contribution in [2.24, 2.45) is 5.92 Å². The SMILES string of the molecule is CC1CCC(NC(=O)c2cc(-c3ccccc3)no2)(C(=O)O)CC1. The maximum absolute atomic E-state index is 12.4. The van der Waals surface area contributed by atoms with Crippen LogP contribution in [-0.2, 0) is 4.79 Å². The molecule has 1 heterocycles. The summed E-state index contributed by atoms with van der Waals surface area (Å²) in [5.41, 5.74) is 0.158. The Hall–Kier alpha value is -2.63. The van der Waals surface area contributed by atoms with Crippen molar-refractivity contribution in [1.82, 2.24) is 10.5 Å². The number of carboxylic acid groups (broad SMARTS) is 1. The van der Waals surface area contributed by atoms with E-state index < -0.39 is 17.4 Å². The van der Waals surface area contributed by atoms with Crippen molar-refractivity contribution in [1.29, 1.82) is 0 Å². The summed E-state index contributed by atoms with van der Waals surface area (Å²) in [5.74, 6) is -1.04. The minimum Gasteiger partial charge on any atom is -0.480 e. The summed E-state index contributed by atoms with van der Waals surface area (Å²) in [6.07, 6.45) is 2.40. The minimum absolute atomic E-state index is 0.0214. The molecule has 1 fully saturated rings. The highest BCUT2D eigenvalue weighted by atomic mass is 16.5. The average Bonchev–Trinajstić information content (AvgIpc) is 3.08. The zero-order chi connectivity index (χ0) is 17.2. The van der Waals surface area contributed by atoms with Crippen molar-refractivity contribution in [2.45, 2.75) is 38.1 Å². The molecule has 0 unspecified atom stereocenters. The first kappa shape index (κ1) is 16.2. The number of carbonyl (C=O) groups excluding carboxylic acids is 1. The summed E-state index contributed by atoms with van der Waals surface area (Å²) in [6.45, 7) is 2.09. The number of benzene rings is 1. The van der Waals surface area contributed by atoms with Crippen molar-refractivity contribution >= 4 is 11.9 Å². The van der Waals surface area contributed by atoms with Crippen LogP contribution in [0.1, 0.15) is 43.2 Å². The number of hydrogen-bond acceptors (Lipinski definition) is 4. The standard InChI is InChI=1S/C18H20N2O4/c1-12-7-9-18(10-8-12,17(22)23)19-16(21)15-11-14(20-24-15)13-5-3-2-4-6-13/h2-6,11-12H,7-10H2,1H3,(H,19,21)(H,22,23). The van der Waals surface area contributed by atoms with Gasteiger partial charge in [-0.25, -0.2) is 4.79 Å². The summed E-state index contributed by atoms with van der Waals surface area (Å²) in [5, 5.41) is 16.2. The predicted molar refractivity (Wildman–Crippen MR) is 87.4 cm³/mol.